The highest BCUT2D eigenvalue weighted by molar-refractivity contribution is 6.26. The molecule has 0 aliphatic rings. The standard InChI is InChI=1S/C52H32N2/c1-3-13-34(14-4-1)50-39-19-8-7-12-33(39)24-29-46(50)48-32-47(53-52(54-48)38-15-5-2-6-16-38)44-31-30-42(40-20-9-10-21-41(40)44)43-27-25-37-23-22-35-17-11-18-36-26-28-45(43)51(37)49(35)36/h1-32H. The van der Waals surface area contributed by atoms with Gasteiger partial charge in [0.2, 0.25) is 0 Å². The molecule has 1 aromatic heterocycles. The van der Waals surface area contributed by atoms with Crippen molar-refractivity contribution in [3.05, 3.63) is 194 Å². The molecular formula is C52H32N2. The van der Waals surface area contributed by atoms with Crippen LogP contribution in [0, 0.1) is 0 Å². The molecule has 0 atom stereocenters. The smallest absolute Gasteiger partial charge is 0.160 e. The van der Waals surface area contributed by atoms with E-state index in [1.54, 1.807) is 0 Å². The second-order valence-electron chi connectivity index (χ2n) is 14.1. The zero-order valence-electron chi connectivity index (χ0n) is 29.4. The van der Waals surface area contributed by atoms with E-state index in [2.05, 4.69) is 188 Å². The van der Waals surface area contributed by atoms with Crippen molar-refractivity contribution in [1.29, 1.82) is 0 Å². The van der Waals surface area contributed by atoms with Crippen LogP contribution in [0.15, 0.2) is 194 Å². The van der Waals surface area contributed by atoms with Crippen LogP contribution in [0.4, 0.5) is 0 Å². The summed E-state index contributed by atoms with van der Waals surface area (Å²) in [6.07, 6.45) is 0. The van der Waals surface area contributed by atoms with Crippen molar-refractivity contribution in [2.75, 3.05) is 0 Å². The van der Waals surface area contributed by atoms with Crippen molar-refractivity contribution in [1.82, 2.24) is 9.97 Å². The van der Waals surface area contributed by atoms with Gasteiger partial charge in [0.15, 0.2) is 5.82 Å². The van der Waals surface area contributed by atoms with E-state index in [9.17, 15) is 0 Å². The number of fused-ring (bicyclic) bond motifs is 2. The number of nitrogens with zero attached hydrogens (tertiary/aromatic N) is 2. The Hall–Kier alpha value is -7.16. The fourth-order valence-corrected chi connectivity index (χ4v) is 8.57. The summed E-state index contributed by atoms with van der Waals surface area (Å²) >= 11 is 0. The van der Waals surface area contributed by atoms with Crippen molar-refractivity contribution in [2.45, 2.75) is 0 Å². The highest BCUT2D eigenvalue weighted by atomic mass is 14.9. The van der Waals surface area contributed by atoms with Crippen molar-refractivity contribution < 1.29 is 0 Å². The molecule has 1 heterocycles. The lowest BCUT2D eigenvalue weighted by Gasteiger charge is -2.18. The summed E-state index contributed by atoms with van der Waals surface area (Å²) in [7, 11) is 0. The number of aromatic nitrogens is 2. The largest absolute Gasteiger partial charge is 0.228 e. The normalized spacial score (nSPS) is 11.7. The van der Waals surface area contributed by atoms with Gasteiger partial charge in [-0.2, -0.15) is 0 Å². The predicted molar refractivity (Wildman–Crippen MR) is 228 cm³/mol. The van der Waals surface area contributed by atoms with Crippen LogP contribution in [-0.4, -0.2) is 9.97 Å². The average molecular weight is 685 g/mol. The highest BCUT2D eigenvalue weighted by Gasteiger charge is 2.19. The molecule has 11 rings (SSSR count). The van der Waals surface area contributed by atoms with Crippen LogP contribution in [0.1, 0.15) is 0 Å². The average Bonchev–Trinajstić information content (AvgIpc) is 3.25. The summed E-state index contributed by atoms with van der Waals surface area (Å²) in [5.74, 6) is 0.704. The monoisotopic (exact) mass is 684 g/mol. The molecule has 54 heavy (non-hydrogen) atoms. The Bertz CT molecular complexity index is 3190. The molecule has 0 saturated heterocycles. The molecule has 0 aliphatic carbocycles. The third-order valence-electron chi connectivity index (χ3n) is 11.0. The first kappa shape index (κ1) is 30.5. The second-order valence-corrected chi connectivity index (χ2v) is 14.1. The van der Waals surface area contributed by atoms with Gasteiger partial charge < -0.3 is 0 Å². The van der Waals surface area contributed by atoms with Gasteiger partial charge in [0, 0.05) is 16.7 Å². The molecule has 0 radical (unpaired) electrons. The van der Waals surface area contributed by atoms with Gasteiger partial charge in [0.1, 0.15) is 0 Å². The van der Waals surface area contributed by atoms with Crippen LogP contribution in [0.3, 0.4) is 0 Å². The van der Waals surface area contributed by atoms with Gasteiger partial charge in [-0.25, -0.2) is 9.97 Å². The lowest BCUT2D eigenvalue weighted by Crippen LogP contribution is -1.98. The minimum atomic E-state index is 0.704. The number of rotatable bonds is 5. The van der Waals surface area contributed by atoms with Gasteiger partial charge in [-0.3, -0.25) is 0 Å². The molecule has 0 saturated carbocycles. The fourth-order valence-electron chi connectivity index (χ4n) is 8.57. The van der Waals surface area contributed by atoms with Crippen LogP contribution in [-0.2, 0) is 0 Å². The predicted octanol–water partition coefficient (Wildman–Crippen LogP) is 14.0. The van der Waals surface area contributed by atoms with Crippen molar-refractivity contribution >= 4 is 53.9 Å². The topological polar surface area (TPSA) is 25.8 Å². The Kier molecular flexibility index (Phi) is 6.90. The SMILES string of the molecule is c1ccc(-c2nc(-c3ccc4ccccc4c3-c3ccccc3)cc(-c3ccc(-c4ccc5ccc6cccc7ccc4c5c67)c4ccccc34)n2)cc1. The van der Waals surface area contributed by atoms with Gasteiger partial charge >= 0.3 is 0 Å². The van der Waals surface area contributed by atoms with Crippen molar-refractivity contribution in [3.8, 4) is 56.2 Å². The second kappa shape index (κ2) is 12.2. The van der Waals surface area contributed by atoms with E-state index >= 15 is 0 Å². The molecule has 10 aromatic carbocycles. The Balaban J connectivity index is 1.16. The summed E-state index contributed by atoms with van der Waals surface area (Å²) in [6.45, 7) is 0. The molecule has 0 spiro atoms. The van der Waals surface area contributed by atoms with Gasteiger partial charge in [0.05, 0.1) is 11.4 Å². The van der Waals surface area contributed by atoms with Crippen LogP contribution in [0.25, 0.3) is 110 Å². The van der Waals surface area contributed by atoms with Crippen LogP contribution in [0.5, 0.6) is 0 Å². The lowest BCUT2D eigenvalue weighted by molar-refractivity contribution is 1.19. The summed E-state index contributed by atoms with van der Waals surface area (Å²) in [5.41, 5.74) is 9.71. The van der Waals surface area contributed by atoms with Crippen molar-refractivity contribution in [3.63, 3.8) is 0 Å². The van der Waals surface area contributed by atoms with Gasteiger partial charge in [-0.1, -0.05) is 188 Å². The number of hydrogen-bond donors (Lipinski definition) is 0. The first-order valence-electron chi connectivity index (χ1n) is 18.5. The Morgan fingerprint density at radius 2 is 0.759 bits per heavy atom. The quantitative estimate of drug-likeness (QED) is 0.169. The minimum Gasteiger partial charge on any atom is -0.228 e. The van der Waals surface area contributed by atoms with Crippen LogP contribution in [0.2, 0.25) is 0 Å². The molecule has 250 valence electrons. The summed E-state index contributed by atoms with van der Waals surface area (Å²) in [4.78, 5) is 10.6. The lowest BCUT2D eigenvalue weighted by atomic mass is 9.87. The molecule has 0 aliphatic heterocycles. The maximum atomic E-state index is 5.31. The Morgan fingerprint density at radius 3 is 1.52 bits per heavy atom. The summed E-state index contributed by atoms with van der Waals surface area (Å²) in [5, 5.41) is 12.5. The molecular weight excluding hydrogens is 653 g/mol. The van der Waals surface area contributed by atoms with Gasteiger partial charge in [-0.05, 0) is 82.2 Å². The molecule has 0 bridgehead atoms. The van der Waals surface area contributed by atoms with Gasteiger partial charge in [0.25, 0.3) is 0 Å². The highest BCUT2D eigenvalue weighted by Crippen LogP contribution is 2.44. The first-order valence-corrected chi connectivity index (χ1v) is 18.5. The van der Waals surface area contributed by atoms with E-state index in [0.717, 1.165) is 39.0 Å². The molecule has 2 heteroatoms. The third-order valence-corrected chi connectivity index (χ3v) is 11.0. The zero-order chi connectivity index (χ0) is 35.6. The third kappa shape index (κ3) is 4.81. The van der Waals surface area contributed by atoms with E-state index in [-0.39, 0.29) is 0 Å². The minimum absolute atomic E-state index is 0.704. The fraction of sp³-hybridized carbons (Fsp3) is 0. The Labute approximate surface area is 313 Å². The molecule has 0 fully saturated rings. The Morgan fingerprint density at radius 1 is 0.278 bits per heavy atom. The van der Waals surface area contributed by atoms with Crippen molar-refractivity contribution in [2.24, 2.45) is 0 Å². The zero-order valence-corrected chi connectivity index (χ0v) is 29.4. The van der Waals surface area contributed by atoms with Crippen LogP contribution >= 0.6 is 0 Å². The van der Waals surface area contributed by atoms with Crippen LogP contribution < -0.4 is 0 Å². The number of benzene rings is 10. The van der Waals surface area contributed by atoms with E-state index in [4.69, 9.17) is 9.97 Å². The molecule has 2 nitrogen and oxygen atoms in total. The van der Waals surface area contributed by atoms with E-state index < -0.39 is 0 Å². The summed E-state index contributed by atoms with van der Waals surface area (Å²) < 4.78 is 0. The molecule has 0 amide bonds. The van der Waals surface area contributed by atoms with Gasteiger partial charge in [-0.15, -0.1) is 0 Å². The molecule has 0 unspecified atom stereocenters. The maximum Gasteiger partial charge on any atom is 0.160 e. The van der Waals surface area contributed by atoms with E-state index in [1.807, 2.05) is 6.07 Å². The number of hydrogen-bond acceptors (Lipinski definition) is 2. The summed E-state index contributed by atoms with van der Waals surface area (Å²) in [6, 6.07) is 69.8. The first-order chi connectivity index (χ1) is 26.8. The van der Waals surface area contributed by atoms with E-state index in [1.165, 1.54) is 65.2 Å². The molecule has 11 aromatic rings. The molecule has 0 N–H and O–H groups in total. The maximum absolute atomic E-state index is 5.31. The van der Waals surface area contributed by atoms with E-state index in [0.29, 0.717) is 5.82 Å².